The number of ether oxygens (including phenoxy) is 3. The molecular weight excluding hydrogens is 376 g/mol. The van der Waals surface area contributed by atoms with Gasteiger partial charge in [-0.3, -0.25) is 4.79 Å². The lowest BCUT2D eigenvalue weighted by Crippen LogP contribution is -2.07. The van der Waals surface area contributed by atoms with Crippen molar-refractivity contribution in [1.29, 1.82) is 0 Å². The average Bonchev–Trinajstić information content (AvgIpc) is 3.28. The molecule has 3 rings (SSSR count). The van der Waals surface area contributed by atoms with Crippen molar-refractivity contribution < 1.29 is 23.8 Å². The molecule has 0 aliphatic rings. The number of carbonyl (C=O) groups excluding carboxylic acids is 2. The molecular formula is C22H18O5S. The van der Waals surface area contributed by atoms with Crippen LogP contribution in [-0.2, 0) is 0 Å². The first-order valence-electron chi connectivity index (χ1n) is 8.41. The highest BCUT2D eigenvalue weighted by Gasteiger charge is 2.13. The molecule has 0 bridgehead atoms. The van der Waals surface area contributed by atoms with Gasteiger partial charge >= 0.3 is 5.97 Å². The first-order chi connectivity index (χ1) is 13.6. The minimum Gasteiger partial charge on any atom is -0.497 e. The molecule has 0 aliphatic carbocycles. The molecule has 142 valence electrons. The van der Waals surface area contributed by atoms with Gasteiger partial charge in [0, 0.05) is 5.56 Å². The Labute approximate surface area is 166 Å². The third-order valence-corrected chi connectivity index (χ3v) is 4.76. The summed E-state index contributed by atoms with van der Waals surface area (Å²) in [4.78, 5) is 24.9. The van der Waals surface area contributed by atoms with Crippen LogP contribution in [0.25, 0.3) is 6.08 Å². The van der Waals surface area contributed by atoms with E-state index >= 15 is 0 Å². The molecule has 28 heavy (non-hydrogen) atoms. The number of rotatable bonds is 7. The fraction of sp³-hybridized carbons (Fsp3) is 0.0909. The van der Waals surface area contributed by atoms with Crippen LogP contribution < -0.4 is 14.2 Å². The number of hydrogen-bond donors (Lipinski definition) is 0. The third kappa shape index (κ3) is 4.66. The highest BCUT2D eigenvalue weighted by atomic mass is 32.1. The number of esters is 1. The summed E-state index contributed by atoms with van der Waals surface area (Å²) < 4.78 is 15.8. The molecule has 0 fully saturated rings. The van der Waals surface area contributed by atoms with Gasteiger partial charge < -0.3 is 14.2 Å². The van der Waals surface area contributed by atoms with Crippen LogP contribution in [0.4, 0.5) is 0 Å². The number of allylic oxidation sites excluding steroid dienone is 1. The Morgan fingerprint density at radius 3 is 2.36 bits per heavy atom. The van der Waals surface area contributed by atoms with Crippen molar-refractivity contribution in [3.05, 3.63) is 82.1 Å². The van der Waals surface area contributed by atoms with Gasteiger partial charge in [0.1, 0.15) is 10.6 Å². The topological polar surface area (TPSA) is 61.8 Å². The molecule has 0 aliphatic heterocycles. The molecule has 1 heterocycles. The van der Waals surface area contributed by atoms with Gasteiger partial charge in [0.05, 0.1) is 14.2 Å². The number of carbonyl (C=O) groups is 2. The molecule has 2 aromatic carbocycles. The summed E-state index contributed by atoms with van der Waals surface area (Å²) in [6, 6.07) is 15.5. The van der Waals surface area contributed by atoms with Crippen LogP contribution in [0.3, 0.4) is 0 Å². The zero-order valence-corrected chi connectivity index (χ0v) is 16.2. The van der Waals surface area contributed by atoms with Crippen LogP contribution in [-0.4, -0.2) is 26.0 Å². The van der Waals surface area contributed by atoms with Gasteiger partial charge in [0.2, 0.25) is 0 Å². The molecule has 0 N–H and O–H groups in total. The van der Waals surface area contributed by atoms with Crippen LogP contribution in [0, 0.1) is 0 Å². The maximum Gasteiger partial charge on any atom is 0.353 e. The van der Waals surface area contributed by atoms with Crippen LogP contribution >= 0.6 is 11.3 Å². The van der Waals surface area contributed by atoms with E-state index < -0.39 is 5.97 Å². The number of hydrogen-bond acceptors (Lipinski definition) is 6. The van der Waals surface area contributed by atoms with Crippen LogP contribution in [0.2, 0.25) is 0 Å². The number of benzene rings is 2. The van der Waals surface area contributed by atoms with Gasteiger partial charge in [-0.1, -0.05) is 18.2 Å². The van der Waals surface area contributed by atoms with E-state index in [0.717, 1.165) is 5.56 Å². The summed E-state index contributed by atoms with van der Waals surface area (Å²) in [7, 11) is 3.07. The second-order valence-electron chi connectivity index (χ2n) is 5.70. The standard InChI is InChI=1S/C22H18O5S/c1-25-17-9-7-16(8-10-17)18(23)11-5-15-6-12-19(20(14-15)26-2)27-22(24)21-4-3-13-28-21/h3-14H,1-2H3. The lowest BCUT2D eigenvalue weighted by Gasteiger charge is -2.09. The summed E-state index contributed by atoms with van der Waals surface area (Å²) in [6.45, 7) is 0. The van der Waals surface area contributed by atoms with E-state index in [-0.39, 0.29) is 5.78 Å². The molecule has 3 aromatic rings. The molecule has 1 aromatic heterocycles. The minimum absolute atomic E-state index is 0.130. The van der Waals surface area contributed by atoms with E-state index in [0.29, 0.717) is 27.7 Å². The molecule has 0 spiro atoms. The summed E-state index contributed by atoms with van der Waals surface area (Å²) in [6.07, 6.45) is 3.16. The van der Waals surface area contributed by atoms with Crippen molar-refractivity contribution in [3.63, 3.8) is 0 Å². The predicted molar refractivity (Wildman–Crippen MR) is 109 cm³/mol. The van der Waals surface area contributed by atoms with E-state index in [9.17, 15) is 9.59 Å². The van der Waals surface area contributed by atoms with Crippen molar-refractivity contribution in [2.24, 2.45) is 0 Å². The van der Waals surface area contributed by atoms with E-state index in [1.165, 1.54) is 24.5 Å². The van der Waals surface area contributed by atoms with Crippen molar-refractivity contribution in [1.82, 2.24) is 0 Å². The largest absolute Gasteiger partial charge is 0.497 e. The number of methoxy groups -OCH3 is 2. The Kier molecular flexibility index (Phi) is 6.24. The average molecular weight is 394 g/mol. The van der Waals surface area contributed by atoms with Crippen molar-refractivity contribution in [2.75, 3.05) is 14.2 Å². The third-order valence-electron chi connectivity index (χ3n) is 3.91. The van der Waals surface area contributed by atoms with Crippen molar-refractivity contribution in [3.8, 4) is 17.2 Å². The highest BCUT2D eigenvalue weighted by Crippen LogP contribution is 2.29. The second-order valence-corrected chi connectivity index (χ2v) is 6.65. The normalized spacial score (nSPS) is 10.6. The number of thiophene rings is 1. The van der Waals surface area contributed by atoms with Crippen molar-refractivity contribution in [2.45, 2.75) is 0 Å². The molecule has 0 saturated carbocycles. The summed E-state index contributed by atoms with van der Waals surface area (Å²) in [5.74, 6) is 0.850. The van der Waals surface area contributed by atoms with E-state index in [1.807, 2.05) is 5.38 Å². The maximum atomic E-state index is 12.3. The second kappa shape index (κ2) is 9.01. The van der Waals surface area contributed by atoms with Crippen LogP contribution in [0.15, 0.2) is 66.1 Å². The van der Waals surface area contributed by atoms with E-state index in [2.05, 4.69) is 0 Å². The van der Waals surface area contributed by atoms with Gasteiger partial charge in [-0.25, -0.2) is 4.79 Å². The molecule has 6 heteroatoms. The van der Waals surface area contributed by atoms with Gasteiger partial charge in [-0.2, -0.15) is 0 Å². The molecule has 5 nitrogen and oxygen atoms in total. The lowest BCUT2D eigenvalue weighted by atomic mass is 10.1. The first-order valence-corrected chi connectivity index (χ1v) is 9.29. The minimum atomic E-state index is -0.439. The maximum absolute atomic E-state index is 12.3. The van der Waals surface area contributed by atoms with Gasteiger partial charge in [-0.15, -0.1) is 11.3 Å². The highest BCUT2D eigenvalue weighted by molar-refractivity contribution is 7.12. The molecule has 0 atom stereocenters. The monoisotopic (exact) mass is 394 g/mol. The van der Waals surface area contributed by atoms with Gasteiger partial charge in [0.15, 0.2) is 17.3 Å². The van der Waals surface area contributed by atoms with Crippen LogP contribution in [0.1, 0.15) is 25.6 Å². The van der Waals surface area contributed by atoms with Crippen LogP contribution in [0.5, 0.6) is 17.2 Å². The predicted octanol–water partition coefficient (Wildman–Crippen LogP) is 4.88. The summed E-state index contributed by atoms with van der Waals surface area (Å²) in [5.41, 5.74) is 1.31. The lowest BCUT2D eigenvalue weighted by molar-refractivity contribution is 0.0734. The SMILES string of the molecule is COc1ccc(C(=O)C=Cc2ccc(OC(=O)c3cccs3)c(OC)c2)cc1. The summed E-state index contributed by atoms with van der Waals surface area (Å²) >= 11 is 1.31. The Balaban J connectivity index is 1.72. The quantitative estimate of drug-likeness (QED) is 0.247. The van der Waals surface area contributed by atoms with Gasteiger partial charge in [0.25, 0.3) is 0 Å². The van der Waals surface area contributed by atoms with E-state index in [1.54, 1.807) is 67.8 Å². The molecule has 0 amide bonds. The zero-order chi connectivity index (χ0) is 19.9. The summed E-state index contributed by atoms with van der Waals surface area (Å²) in [5, 5.41) is 1.81. The zero-order valence-electron chi connectivity index (χ0n) is 15.4. The Hall–Kier alpha value is -3.38. The van der Waals surface area contributed by atoms with Gasteiger partial charge in [-0.05, 0) is 59.5 Å². The Morgan fingerprint density at radius 2 is 1.71 bits per heavy atom. The fourth-order valence-corrected chi connectivity index (χ4v) is 3.04. The number of ketones is 1. The molecule has 0 radical (unpaired) electrons. The first kappa shape index (κ1) is 19.4. The van der Waals surface area contributed by atoms with Crippen molar-refractivity contribution >= 4 is 29.2 Å². The molecule has 0 saturated heterocycles. The van der Waals surface area contributed by atoms with E-state index in [4.69, 9.17) is 14.2 Å². The fourth-order valence-electron chi connectivity index (χ4n) is 2.44. The Morgan fingerprint density at radius 1 is 0.929 bits per heavy atom. The Bertz CT molecular complexity index is 988. The molecule has 0 unspecified atom stereocenters. The smallest absolute Gasteiger partial charge is 0.353 e.